The normalized spacial score (nSPS) is 12.0. The SMILES string of the molecule is CN(C)c1ccc(/C=C/c2ccc(C(=O)OCc3ccccc3)cc2[NH+]([O-])O)cc1. The third-order valence-corrected chi connectivity index (χ3v) is 4.60. The molecule has 2 N–H and O–H groups in total. The molecule has 0 heterocycles. The average Bonchev–Trinajstić information content (AvgIpc) is 2.76. The van der Waals surface area contributed by atoms with Gasteiger partial charge in [0.25, 0.3) is 0 Å². The quantitative estimate of drug-likeness (QED) is 0.357. The lowest BCUT2D eigenvalue weighted by molar-refractivity contribution is -0.991. The Kier molecular flexibility index (Phi) is 6.98. The highest BCUT2D eigenvalue weighted by molar-refractivity contribution is 5.91. The number of nitrogens with one attached hydrogen (secondary N) is 1. The van der Waals surface area contributed by atoms with Crippen molar-refractivity contribution in [2.24, 2.45) is 0 Å². The Hall–Kier alpha value is -3.45. The summed E-state index contributed by atoms with van der Waals surface area (Å²) in [6.45, 7) is 0.132. The van der Waals surface area contributed by atoms with Crippen LogP contribution in [0.1, 0.15) is 27.0 Å². The summed E-state index contributed by atoms with van der Waals surface area (Å²) < 4.78 is 5.29. The minimum absolute atomic E-state index is 0.0466. The molecule has 0 bridgehead atoms. The average molecular weight is 404 g/mol. The molecule has 6 nitrogen and oxygen atoms in total. The molecule has 3 rings (SSSR count). The van der Waals surface area contributed by atoms with Crippen LogP contribution >= 0.6 is 0 Å². The second-order valence-corrected chi connectivity index (χ2v) is 6.99. The smallest absolute Gasteiger partial charge is 0.338 e. The summed E-state index contributed by atoms with van der Waals surface area (Å²) >= 11 is 0. The molecule has 1 unspecified atom stereocenters. The highest BCUT2D eigenvalue weighted by Gasteiger charge is 2.14. The summed E-state index contributed by atoms with van der Waals surface area (Å²) in [6.07, 6.45) is 3.57. The summed E-state index contributed by atoms with van der Waals surface area (Å²) in [4.78, 5) is 14.3. The molecule has 6 heteroatoms. The molecule has 0 aliphatic carbocycles. The summed E-state index contributed by atoms with van der Waals surface area (Å²) in [5, 5.41) is 20.2. The first-order valence-electron chi connectivity index (χ1n) is 9.48. The molecule has 0 spiro atoms. The Morgan fingerprint density at radius 2 is 1.73 bits per heavy atom. The third kappa shape index (κ3) is 5.55. The maximum atomic E-state index is 12.3. The number of carbonyl (C=O) groups excluding carboxylic acids is 1. The molecular formula is C24H24N2O4. The largest absolute Gasteiger partial charge is 0.595 e. The number of carbonyl (C=O) groups is 1. The van der Waals surface area contributed by atoms with Gasteiger partial charge in [-0.15, -0.1) is 0 Å². The fourth-order valence-corrected chi connectivity index (χ4v) is 2.89. The zero-order chi connectivity index (χ0) is 21.5. The van der Waals surface area contributed by atoms with Crippen molar-refractivity contribution in [3.8, 4) is 0 Å². The van der Waals surface area contributed by atoms with Crippen LogP contribution in [0, 0.1) is 5.21 Å². The Morgan fingerprint density at radius 3 is 2.37 bits per heavy atom. The van der Waals surface area contributed by atoms with E-state index in [-0.39, 0.29) is 17.9 Å². The van der Waals surface area contributed by atoms with E-state index in [0.717, 1.165) is 16.8 Å². The first-order chi connectivity index (χ1) is 14.4. The lowest BCUT2D eigenvalue weighted by Crippen LogP contribution is -2.99. The summed E-state index contributed by atoms with van der Waals surface area (Å²) in [6, 6.07) is 21.8. The van der Waals surface area contributed by atoms with Crippen molar-refractivity contribution in [3.63, 3.8) is 0 Å². The number of rotatable bonds is 7. The molecule has 0 aromatic heterocycles. The van der Waals surface area contributed by atoms with E-state index in [1.807, 2.05) is 79.7 Å². The number of anilines is 1. The summed E-state index contributed by atoms with van der Waals surface area (Å²) in [5.74, 6) is -0.559. The van der Waals surface area contributed by atoms with Crippen LogP contribution in [0.5, 0.6) is 0 Å². The molecule has 1 atom stereocenters. The second kappa shape index (κ2) is 9.84. The maximum absolute atomic E-state index is 12.3. The number of quaternary nitrogens is 1. The lowest BCUT2D eigenvalue weighted by atomic mass is 10.1. The van der Waals surface area contributed by atoms with Gasteiger partial charge in [0.2, 0.25) is 0 Å². The first-order valence-corrected chi connectivity index (χ1v) is 9.48. The van der Waals surface area contributed by atoms with Gasteiger partial charge in [-0.25, -0.2) is 10.0 Å². The first kappa shape index (κ1) is 21.3. The zero-order valence-electron chi connectivity index (χ0n) is 16.9. The minimum Gasteiger partial charge on any atom is -0.595 e. The lowest BCUT2D eigenvalue weighted by Gasteiger charge is -2.15. The van der Waals surface area contributed by atoms with Gasteiger partial charge in [-0.05, 0) is 41.5 Å². The van der Waals surface area contributed by atoms with Gasteiger partial charge in [0.1, 0.15) is 6.61 Å². The van der Waals surface area contributed by atoms with E-state index in [1.165, 1.54) is 6.07 Å². The Balaban J connectivity index is 1.75. The summed E-state index contributed by atoms with van der Waals surface area (Å²) in [7, 11) is 3.94. The number of hydrogen-bond acceptors (Lipinski definition) is 5. The van der Waals surface area contributed by atoms with Gasteiger partial charge >= 0.3 is 5.97 Å². The van der Waals surface area contributed by atoms with E-state index in [9.17, 15) is 15.2 Å². The molecule has 154 valence electrons. The number of benzene rings is 3. The van der Waals surface area contributed by atoms with Gasteiger partial charge in [-0.2, -0.15) is 5.23 Å². The van der Waals surface area contributed by atoms with Gasteiger partial charge in [0.05, 0.1) is 5.56 Å². The highest BCUT2D eigenvalue weighted by Crippen LogP contribution is 2.20. The van der Waals surface area contributed by atoms with Crippen molar-refractivity contribution in [3.05, 3.63) is 100 Å². The standard InChI is InChI=1S/C24H24N2O4/c1-25(2)22-14-9-18(10-15-22)8-11-20-12-13-21(16-23(20)26(28)29)24(27)30-17-19-6-4-3-5-7-19/h3-16,26,28H,17H2,1-2H3/b11-8+. The molecule has 0 saturated heterocycles. The van der Waals surface area contributed by atoms with Crippen molar-refractivity contribution in [2.45, 2.75) is 6.61 Å². The van der Waals surface area contributed by atoms with Crippen molar-refractivity contribution in [1.29, 1.82) is 0 Å². The van der Waals surface area contributed by atoms with E-state index >= 15 is 0 Å². The van der Waals surface area contributed by atoms with E-state index < -0.39 is 11.2 Å². The van der Waals surface area contributed by atoms with Gasteiger partial charge in [0.15, 0.2) is 5.69 Å². The van der Waals surface area contributed by atoms with Crippen LogP contribution < -0.4 is 10.1 Å². The van der Waals surface area contributed by atoms with Gasteiger partial charge in [-0.3, -0.25) is 0 Å². The van der Waals surface area contributed by atoms with Crippen LogP contribution in [0.15, 0.2) is 72.8 Å². The van der Waals surface area contributed by atoms with Crippen molar-refractivity contribution >= 4 is 29.5 Å². The van der Waals surface area contributed by atoms with E-state index in [1.54, 1.807) is 18.2 Å². The van der Waals surface area contributed by atoms with Crippen LogP contribution in [0.4, 0.5) is 11.4 Å². The zero-order valence-corrected chi connectivity index (χ0v) is 16.9. The molecule has 30 heavy (non-hydrogen) atoms. The molecule has 0 saturated carbocycles. The van der Waals surface area contributed by atoms with Crippen LogP contribution in [-0.2, 0) is 11.3 Å². The topological polar surface area (TPSA) is 77.3 Å². The maximum Gasteiger partial charge on any atom is 0.338 e. The Bertz CT molecular complexity index is 1010. The van der Waals surface area contributed by atoms with Gasteiger partial charge in [-0.1, -0.05) is 48.5 Å². The fourth-order valence-electron chi connectivity index (χ4n) is 2.89. The van der Waals surface area contributed by atoms with Crippen molar-refractivity contribution in [2.75, 3.05) is 19.0 Å². The van der Waals surface area contributed by atoms with Gasteiger partial charge in [0, 0.05) is 31.4 Å². The Morgan fingerprint density at radius 1 is 1.03 bits per heavy atom. The second-order valence-electron chi connectivity index (χ2n) is 6.99. The number of ether oxygens (including phenoxy) is 1. The number of esters is 1. The van der Waals surface area contributed by atoms with Crippen LogP contribution in [0.25, 0.3) is 12.2 Å². The number of hydrogen-bond donors (Lipinski definition) is 2. The van der Waals surface area contributed by atoms with Crippen LogP contribution in [0.2, 0.25) is 0 Å². The van der Waals surface area contributed by atoms with E-state index in [4.69, 9.17) is 4.74 Å². The predicted octanol–water partition coefficient (Wildman–Crippen LogP) is 3.68. The minimum atomic E-state index is -1.10. The van der Waals surface area contributed by atoms with Crippen molar-refractivity contribution in [1.82, 2.24) is 0 Å². The molecule has 3 aromatic rings. The third-order valence-electron chi connectivity index (χ3n) is 4.60. The highest BCUT2D eigenvalue weighted by atomic mass is 16.8. The molecule has 0 amide bonds. The van der Waals surface area contributed by atoms with Crippen LogP contribution in [0.3, 0.4) is 0 Å². The molecular weight excluding hydrogens is 380 g/mol. The molecule has 0 aliphatic rings. The predicted molar refractivity (Wildman–Crippen MR) is 117 cm³/mol. The monoisotopic (exact) mass is 404 g/mol. The number of nitrogens with zero attached hydrogens (tertiary/aromatic N) is 1. The molecule has 3 aromatic carbocycles. The van der Waals surface area contributed by atoms with Crippen LogP contribution in [-0.4, -0.2) is 25.3 Å². The molecule has 0 radical (unpaired) electrons. The summed E-state index contributed by atoms with van der Waals surface area (Å²) in [5.41, 5.74) is 3.66. The van der Waals surface area contributed by atoms with Crippen molar-refractivity contribution < 1.29 is 20.0 Å². The Labute approximate surface area is 175 Å². The van der Waals surface area contributed by atoms with Gasteiger partial charge < -0.3 is 14.8 Å². The molecule has 0 aliphatic heterocycles. The van der Waals surface area contributed by atoms with E-state index in [0.29, 0.717) is 5.56 Å². The van der Waals surface area contributed by atoms with E-state index in [2.05, 4.69) is 0 Å². The fraction of sp³-hybridized carbons (Fsp3) is 0.125. The molecule has 0 fully saturated rings.